The van der Waals surface area contributed by atoms with Crippen molar-refractivity contribution in [1.82, 2.24) is 9.97 Å². The molecule has 3 rings (SSSR count). The van der Waals surface area contributed by atoms with Gasteiger partial charge in [-0.3, -0.25) is 4.79 Å². The fourth-order valence-corrected chi connectivity index (χ4v) is 3.45. The lowest BCUT2D eigenvalue weighted by Crippen LogP contribution is -2.21. The van der Waals surface area contributed by atoms with Gasteiger partial charge in [-0.2, -0.15) is 0 Å². The van der Waals surface area contributed by atoms with Crippen molar-refractivity contribution >= 4 is 17.5 Å². The number of amides is 1. The van der Waals surface area contributed by atoms with Crippen molar-refractivity contribution in [2.24, 2.45) is 0 Å². The van der Waals surface area contributed by atoms with Gasteiger partial charge in [0.05, 0.1) is 6.10 Å². The van der Waals surface area contributed by atoms with E-state index in [4.69, 9.17) is 4.74 Å². The maximum absolute atomic E-state index is 12.9. The van der Waals surface area contributed by atoms with E-state index in [1.807, 2.05) is 0 Å². The van der Waals surface area contributed by atoms with E-state index >= 15 is 0 Å². The number of nitrogens with one attached hydrogen (secondary N) is 2. The summed E-state index contributed by atoms with van der Waals surface area (Å²) in [7, 11) is 0. The Morgan fingerprint density at radius 2 is 1.89 bits per heavy atom. The number of carbonyl (C=O) groups is 1. The highest BCUT2D eigenvalue weighted by molar-refractivity contribution is 6.04. The molecule has 28 heavy (non-hydrogen) atoms. The van der Waals surface area contributed by atoms with Gasteiger partial charge >= 0.3 is 0 Å². The van der Waals surface area contributed by atoms with E-state index in [1.165, 1.54) is 0 Å². The molecule has 0 saturated carbocycles. The summed E-state index contributed by atoms with van der Waals surface area (Å²) in [5, 5.41) is 6.28. The summed E-state index contributed by atoms with van der Waals surface area (Å²) in [6, 6.07) is 7.83. The fourth-order valence-electron chi connectivity index (χ4n) is 3.45. The van der Waals surface area contributed by atoms with Gasteiger partial charge < -0.3 is 15.4 Å². The molecule has 0 aliphatic carbocycles. The minimum absolute atomic E-state index is 0.188. The number of rotatable bonds is 7. The van der Waals surface area contributed by atoms with Gasteiger partial charge in [-0.25, -0.2) is 9.97 Å². The number of nitrogens with zero attached hydrogens (tertiary/aromatic N) is 2. The highest BCUT2D eigenvalue weighted by Crippen LogP contribution is 2.32. The second kappa shape index (κ2) is 9.15. The Balaban J connectivity index is 1.77. The van der Waals surface area contributed by atoms with Gasteiger partial charge in [-0.1, -0.05) is 45.9 Å². The van der Waals surface area contributed by atoms with Crippen LogP contribution in [0.3, 0.4) is 0 Å². The summed E-state index contributed by atoms with van der Waals surface area (Å²) in [5.41, 5.74) is 3.50. The fraction of sp³-hybridized carbons (Fsp3) is 0.500. The summed E-state index contributed by atoms with van der Waals surface area (Å²) >= 11 is 0. The second-order valence-electron chi connectivity index (χ2n) is 7.86. The minimum atomic E-state index is -0.224. The van der Waals surface area contributed by atoms with Crippen LogP contribution >= 0.6 is 0 Å². The first-order valence-corrected chi connectivity index (χ1v) is 10.1. The highest BCUT2D eigenvalue weighted by Gasteiger charge is 2.19. The monoisotopic (exact) mass is 382 g/mol. The highest BCUT2D eigenvalue weighted by atomic mass is 16.5. The first kappa shape index (κ1) is 20.3. The molecule has 0 spiro atoms. The van der Waals surface area contributed by atoms with Crippen LogP contribution in [0.25, 0.3) is 0 Å². The molecule has 1 aromatic carbocycles. The lowest BCUT2D eigenvalue weighted by Gasteiger charge is -2.20. The quantitative estimate of drug-likeness (QED) is 0.734. The number of ether oxygens (including phenoxy) is 1. The van der Waals surface area contributed by atoms with Crippen LogP contribution < -0.4 is 10.6 Å². The summed E-state index contributed by atoms with van der Waals surface area (Å²) < 4.78 is 5.61. The van der Waals surface area contributed by atoms with Crippen molar-refractivity contribution in [2.75, 3.05) is 23.8 Å². The molecule has 1 aliphatic rings. The van der Waals surface area contributed by atoms with Crippen LogP contribution in [0.2, 0.25) is 0 Å². The van der Waals surface area contributed by atoms with Crippen LogP contribution in [0.5, 0.6) is 0 Å². The van der Waals surface area contributed by atoms with E-state index in [0.29, 0.717) is 30.0 Å². The van der Waals surface area contributed by atoms with Gasteiger partial charge in [0.1, 0.15) is 5.69 Å². The van der Waals surface area contributed by atoms with Crippen LogP contribution in [0.1, 0.15) is 74.0 Å². The Hall–Kier alpha value is -2.47. The van der Waals surface area contributed by atoms with E-state index in [9.17, 15) is 4.79 Å². The van der Waals surface area contributed by atoms with E-state index < -0.39 is 0 Å². The lowest BCUT2D eigenvalue weighted by molar-refractivity contribution is 0.102. The van der Waals surface area contributed by atoms with Crippen molar-refractivity contribution in [3.8, 4) is 0 Å². The zero-order chi connectivity index (χ0) is 20.1. The molecule has 1 saturated heterocycles. The molecule has 0 radical (unpaired) electrons. The molecular weight excluding hydrogens is 352 g/mol. The van der Waals surface area contributed by atoms with Gasteiger partial charge in [0, 0.05) is 25.0 Å². The van der Waals surface area contributed by atoms with Gasteiger partial charge in [-0.05, 0) is 41.9 Å². The summed E-state index contributed by atoms with van der Waals surface area (Å²) in [6.45, 7) is 9.99. The maximum Gasteiger partial charge on any atom is 0.274 e. The molecule has 6 heteroatoms. The average molecular weight is 383 g/mol. The minimum Gasteiger partial charge on any atom is -0.376 e. The smallest absolute Gasteiger partial charge is 0.274 e. The van der Waals surface area contributed by atoms with Crippen molar-refractivity contribution in [2.45, 2.75) is 58.5 Å². The molecule has 1 fully saturated rings. The topological polar surface area (TPSA) is 76.1 Å². The molecule has 2 N–H and O–H groups in total. The van der Waals surface area contributed by atoms with Crippen molar-refractivity contribution in [1.29, 1.82) is 0 Å². The van der Waals surface area contributed by atoms with E-state index in [0.717, 1.165) is 36.3 Å². The zero-order valence-corrected chi connectivity index (χ0v) is 17.2. The summed E-state index contributed by atoms with van der Waals surface area (Å²) in [4.78, 5) is 21.5. The van der Waals surface area contributed by atoms with Gasteiger partial charge in [0.15, 0.2) is 0 Å². The molecule has 2 aromatic rings. The van der Waals surface area contributed by atoms with E-state index in [-0.39, 0.29) is 12.0 Å². The predicted molar refractivity (Wildman–Crippen MR) is 112 cm³/mol. The third-order valence-corrected chi connectivity index (χ3v) is 5.01. The van der Waals surface area contributed by atoms with Crippen LogP contribution in [-0.4, -0.2) is 35.1 Å². The van der Waals surface area contributed by atoms with E-state index in [2.05, 4.69) is 66.5 Å². The number of benzene rings is 1. The first-order chi connectivity index (χ1) is 13.5. The standard InChI is InChI=1S/C22H30N4O2/c1-14(2)17-8-5-9-18(15(3)4)20(17)26-21(27)19-10-11-23-22(25-19)24-13-16-7-6-12-28-16/h5,8-11,14-16H,6-7,12-13H2,1-4H3,(H,26,27)(H,23,24,25). The molecule has 1 unspecified atom stereocenters. The van der Waals surface area contributed by atoms with Crippen LogP contribution in [0, 0.1) is 0 Å². The molecular formula is C22H30N4O2. The van der Waals surface area contributed by atoms with Crippen molar-refractivity contribution in [3.05, 3.63) is 47.3 Å². The SMILES string of the molecule is CC(C)c1cccc(C(C)C)c1NC(=O)c1ccnc(NCC2CCCO2)n1. The van der Waals surface area contributed by atoms with Gasteiger partial charge in [0.25, 0.3) is 5.91 Å². The first-order valence-electron chi connectivity index (χ1n) is 10.1. The Kier molecular flexibility index (Phi) is 6.62. The molecule has 0 bridgehead atoms. The largest absolute Gasteiger partial charge is 0.376 e. The van der Waals surface area contributed by atoms with Gasteiger partial charge in [-0.15, -0.1) is 0 Å². The van der Waals surface area contributed by atoms with Crippen LogP contribution in [-0.2, 0) is 4.74 Å². The van der Waals surface area contributed by atoms with E-state index in [1.54, 1.807) is 12.3 Å². The molecule has 1 aromatic heterocycles. The maximum atomic E-state index is 12.9. The number of para-hydroxylation sites is 1. The second-order valence-corrected chi connectivity index (χ2v) is 7.86. The molecule has 1 atom stereocenters. The van der Waals surface area contributed by atoms with Crippen LogP contribution in [0.15, 0.2) is 30.5 Å². The molecule has 1 amide bonds. The molecule has 6 nitrogen and oxygen atoms in total. The number of hydrogen-bond donors (Lipinski definition) is 2. The van der Waals surface area contributed by atoms with Gasteiger partial charge in [0.2, 0.25) is 5.95 Å². The van der Waals surface area contributed by atoms with Crippen molar-refractivity contribution < 1.29 is 9.53 Å². The van der Waals surface area contributed by atoms with Crippen molar-refractivity contribution in [3.63, 3.8) is 0 Å². The Morgan fingerprint density at radius 3 is 2.50 bits per heavy atom. The zero-order valence-electron chi connectivity index (χ0n) is 17.2. The average Bonchev–Trinajstić information content (AvgIpc) is 3.20. The summed E-state index contributed by atoms with van der Waals surface area (Å²) in [6.07, 6.45) is 3.92. The Bertz CT molecular complexity index is 788. The number of anilines is 2. The normalized spacial score (nSPS) is 16.6. The molecule has 1 aliphatic heterocycles. The summed E-state index contributed by atoms with van der Waals surface area (Å²) in [5.74, 6) is 0.841. The number of aromatic nitrogens is 2. The number of carbonyl (C=O) groups excluding carboxylic acids is 1. The number of hydrogen-bond acceptors (Lipinski definition) is 5. The predicted octanol–water partition coefficient (Wildman–Crippen LogP) is 4.57. The molecule has 150 valence electrons. The van der Waals surface area contributed by atoms with Crippen LogP contribution in [0.4, 0.5) is 11.6 Å². The Labute approximate surface area is 167 Å². The Morgan fingerprint density at radius 1 is 1.18 bits per heavy atom. The third-order valence-electron chi connectivity index (χ3n) is 5.01. The third kappa shape index (κ3) is 4.87. The molecule has 2 heterocycles. The lowest BCUT2D eigenvalue weighted by atomic mass is 9.92.